The van der Waals surface area contributed by atoms with E-state index in [0.29, 0.717) is 10.2 Å². The summed E-state index contributed by atoms with van der Waals surface area (Å²) in [7, 11) is 0. The number of hydrogen-bond acceptors (Lipinski definition) is 2. The van der Waals surface area contributed by atoms with Crippen LogP contribution in [0.2, 0.25) is 10.0 Å². The maximum atomic E-state index is 13.4. The van der Waals surface area contributed by atoms with Gasteiger partial charge in [-0.1, -0.05) is 23.2 Å². The van der Waals surface area contributed by atoms with Crippen LogP contribution in [0, 0.1) is 5.82 Å². The summed E-state index contributed by atoms with van der Waals surface area (Å²) in [5, 5.41) is 2.92. The Kier molecular flexibility index (Phi) is 4.52. The molecule has 0 saturated heterocycles. The molecule has 2 aromatic carbocycles. The van der Waals surface area contributed by atoms with Gasteiger partial charge in [0.1, 0.15) is 5.82 Å². The quantitative estimate of drug-likeness (QED) is 0.743. The van der Waals surface area contributed by atoms with Crippen LogP contribution in [0.4, 0.5) is 15.8 Å². The van der Waals surface area contributed by atoms with Gasteiger partial charge in [0.15, 0.2) is 0 Å². The van der Waals surface area contributed by atoms with Gasteiger partial charge in [0.25, 0.3) is 5.91 Å². The highest BCUT2D eigenvalue weighted by Crippen LogP contribution is 2.29. The normalized spacial score (nSPS) is 10.4. The molecule has 0 unspecified atom stereocenters. The first-order valence-corrected chi connectivity index (χ1v) is 6.94. The maximum absolute atomic E-state index is 13.4. The monoisotopic (exact) mass is 376 g/mol. The number of rotatable bonds is 2. The Bertz CT molecular complexity index is 671. The minimum Gasteiger partial charge on any atom is -0.397 e. The molecule has 0 aromatic heterocycles. The van der Waals surface area contributed by atoms with E-state index in [9.17, 15) is 9.18 Å². The van der Waals surface area contributed by atoms with Crippen molar-refractivity contribution in [1.82, 2.24) is 0 Å². The molecule has 3 nitrogen and oxygen atoms in total. The number of carbonyl (C=O) groups is 1. The predicted molar refractivity (Wildman–Crippen MR) is 82.9 cm³/mol. The van der Waals surface area contributed by atoms with Crippen molar-refractivity contribution in [1.29, 1.82) is 0 Å². The molecule has 2 aromatic rings. The van der Waals surface area contributed by atoms with E-state index in [1.165, 1.54) is 24.3 Å². The van der Waals surface area contributed by atoms with Gasteiger partial charge in [0.05, 0.1) is 20.2 Å². The van der Waals surface area contributed by atoms with E-state index in [2.05, 4.69) is 21.2 Å². The number of nitrogens with two attached hydrogens (primary N) is 1. The van der Waals surface area contributed by atoms with Crippen molar-refractivity contribution in [2.24, 2.45) is 0 Å². The van der Waals surface area contributed by atoms with Gasteiger partial charge in [-0.25, -0.2) is 4.39 Å². The second-order valence-corrected chi connectivity index (χ2v) is 5.58. The van der Waals surface area contributed by atoms with Gasteiger partial charge < -0.3 is 11.1 Å². The van der Waals surface area contributed by atoms with Gasteiger partial charge in [0.2, 0.25) is 0 Å². The van der Waals surface area contributed by atoms with Gasteiger partial charge in [0, 0.05) is 11.3 Å². The lowest BCUT2D eigenvalue weighted by atomic mass is 10.2. The summed E-state index contributed by atoms with van der Waals surface area (Å²) in [5.41, 5.74) is 6.39. The molecule has 104 valence electrons. The molecule has 0 atom stereocenters. The van der Waals surface area contributed by atoms with E-state index in [-0.39, 0.29) is 21.3 Å². The Morgan fingerprint density at radius 3 is 2.55 bits per heavy atom. The van der Waals surface area contributed by atoms with Gasteiger partial charge in [-0.2, -0.15) is 0 Å². The molecule has 1 amide bonds. The summed E-state index contributed by atoms with van der Waals surface area (Å²) in [5.74, 6) is -0.937. The lowest BCUT2D eigenvalue weighted by Gasteiger charge is -2.08. The summed E-state index contributed by atoms with van der Waals surface area (Å²) in [6, 6.07) is 7.05. The van der Waals surface area contributed by atoms with Crippen LogP contribution in [0.15, 0.2) is 34.8 Å². The minimum absolute atomic E-state index is 0.179. The summed E-state index contributed by atoms with van der Waals surface area (Å²) in [6.45, 7) is 0. The van der Waals surface area contributed by atoms with Gasteiger partial charge in [-0.3, -0.25) is 4.79 Å². The number of nitrogens with one attached hydrogen (secondary N) is 1. The molecular formula is C13H8BrCl2FN2O. The van der Waals surface area contributed by atoms with E-state index >= 15 is 0 Å². The fraction of sp³-hybridized carbons (Fsp3) is 0. The first-order valence-electron chi connectivity index (χ1n) is 5.39. The summed E-state index contributed by atoms with van der Waals surface area (Å²) >= 11 is 14.7. The number of benzene rings is 2. The third-order valence-corrected chi connectivity index (χ3v) is 3.96. The van der Waals surface area contributed by atoms with E-state index in [0.717, 1.165) is 0 Å². The third kappa shape index (κ3) is 3.23. The van der Waals surface area contributed by atoms with Crippen molar-refractivity contribution in [3.8, 4) is 0 Å². The Balaban J connectivity index is 2.26. The van der Waals surface area contributed by atoms with Crippen LogP contribution in [0.5, 0.6) is 0 Å². The number of amides is 1. The Morgan fingerprint density at radius 1 is 1.25 bits per heavy atom. The van der Waals surface area contributed by atoms with Gasteiger partial charge >= 0.3 is 0 Å². The summed E-state index contributed by atoms with van der Waals surface area (Å²) in [4.78, 5) is 12.0. The smallest absolute Gasteiger partial charge is 0.255 e. The van der Waals surface area contributed by atoms with Crippen LogP contribution in [0.3, 0.4) is 0 Å². The van der Waals surface area contributed by atoms with Crippen LogP contribution < -0.4 is 11.1 Å². The van der Waals surface area contributed by atoms with Crippen molar-refractivity contribution in [3.05, 3.63) is 56.2 Å². The standard InChI is InChI=1S/C13H8BrCl2FN2O/c14-8-2-1-7(5-10(8)17)19-13(20)6-3-9(15)12(16)11(18)4-6/h1-5H,18H2,(H,19,20). The lowest BCUT2D eigenvalue weighted by molar-refractivity contribution is 0.102. The first-order chi connectivity index (χ1) is 9.38. The average Bonchev–Trinajstić information content (AvgIpc) is 2.39. The zero-order valence-electron chi connectivity index (χ0n) is 9.88. The number of nitrogen functional groups attached to an aromatic ring is 1. The fourth-order valence-corrected chi connectivity index (χ4v) is 2.10. The highest BCUT2D eigenvalue weighted by Gasteiger charge is 2.12. The van der Waals surface area contributed by atoms with Crippen LogP contribution in [0.25, 0.3) is 0 Å². The second kappa shape index (κ2) is 5.99. The minimum atomic E-state index is -0.476. The molecule has 0 spiro atoms. The number of halogens is 4. The molecule has 0 fully saturated rings. The number of hydrogen-bond donors (Lipinski definition) is 2. The summed E-state index contributed by atoms with van der Waals surface area (Å²) in [6.07, 6.45) is 0. The predicted octanol–water partition coefficient (Wildman–Crippen LogP) is 4.73. The lowest BCUT2D eigenvalue weighted by Crippen LogP contribution is -2.12. The van der Waals surface area contributed by atoms with Crippen molar-refractivity contribution in [2.45, 2.75) is 0 Å². The van der Waals surface area contributed by atoms with Crippen LogP contribution in [-0.2, 0) is 0 Å². The van der Waals surface area contributed by atoms with Crippen molar-refractivity contribution >= 4 is 56.4 Å². The maximum Gasteiger partial charge on any atom is 0.255 e. The third-order valence-electron chi connectivity index (χ3n) is 2.50. The van der Waals surface area contributed by atoms with Crippen LogP contribution in [-0.4, -0.2) is 5.91 Å². The molecule has 2 rings (SSSR count). The largest absolute Gasteiger partial charge is 0.397 e. The van der Waals surface area contributed by atoms with E-state index in [1.54, 1.807) is 6.07 Å². The topological polar surface area (TPSA) is 55.1 Å². The average molecular weight is 378 g/mol. The zero-order chi connectivity index (χ0) is 14.9. The Hall–Kier alpha value is -1.30. The highest BCUT2D eigenvalue weighted by molar-refractivity contribution is 9.10. The molecule has 0 aliphatic carbocycles. The molecule has 20 heavy (non-hydrogen) atoms. The molecule has 0 radical (unpaired) electrons. The van der Waals surface area contributed by atoms with Crippen molar-refractivity contribution in [2.75, 3.05) is 11.1 Å². The van der Waals surface area contributed by atoms with E-state index in [4.69, 9.17) is 28.9 Å². The SMILES string of the molecule is Nc1cc(C(=O)Nc2ccc(Br)c(F)c2)cc(Cl)c1Cl. The molecule has 0 aliphatic rings. The van der Waals surface area contributed by atoms with Crippen molar-refractivity contribution < 1.29 is 9.18 Å². The van der Waals surface area contributed by atoms with Crippen molar-refractivity contribution in [3.63, 3.8) is 0 Å². The van der Waals surface area contributed by atoms with Gasteiger partial charge in [-0.15, -0.1) is 0 Å². The molecule has 0 bridgehead atoms. The van der Waals surface area contributed by atoms with E-state index in [1.807, 2.05) is 0 Å². The Labute approximate surface area is 133 Å². The molecule has 3 N–H and O–H groups in total. The van der Waals surface area contributed by atoms with Gasteiger partial charge in [-0.05, 0) is 46.3 Å². The zero-order valence-corrected chi connectivity index (χ0v) is 13.0. The second-order valence-electron chi connectivity index (χ2n) is 3.94. The Morgan fingerprint density at radius 2 is 1.95 bits per heavy atom. The number of carbonyl (C=O) groups excluding carboxylic acids is 1. The summed E-state index contributed by atoms with van der Waals surface area (Å²) < 4.78 is 13.7. The van der Waals surface area contributed by atoms with E-state index < -0.39 is 11.7 Å². The molecule has 7 heteroatoms. The first kappa shape index (κ1) is 15.1. The highest BCUT2D eigenvalue weighted by atomic mass is 79.9. The molecule has 0 aliphatic heterocycles. The number of anilines is 2. The van der Waals surface area contributed by atoms with Crippen LogP contribution >= 0.6 is 39.1 Å². The molecular weight excluding hydrogens is 370 g/mol. The fourth-order valence-electron chi connectivity index (χ4n) is 1.52. The molecule has 0 heterocycles. The van der Waals surface area contributed by atoms with Crippen LogP contribution in [0.1, 0.15) is 10.4 Å². The molecule has 0 saturated carbocycles.